The summed E-state index contributed by atoms with van der Waals surface area (Å²) in [6, 6.07) is 6.62. The van der Waals surface area contributed by atoms with Crippen LogP contribution in [0, 0.1) is 6.92 Å². The van der Waals surface area contributed by atoms with Crippen LogP contribution in [0.2, 0.25) is 0 Å². The van der Waals surface area contributed by atoms with Gasteiger partial charge in [-0.1, -0.05) is 37.1 Å². The van der Waals surface area contributed by atoms with Gasteiger partial charge >= 0.3 is 6.03 Å². The van der Waals surface area contributed by atoms with Crippen LogP contribution >= 0.6 is 0 Å². The highest BCUT2D eigenvalue weighted by Gasteiger charge is 2.54. The molecule has 6 nitrogen and oxygen atoms in total. The van der Waals surface area contributed by atoms with Crippen molar-refractivity contribution < 1.29 is 14.4 Å². The molecule has 1 spiro atoms. The fraction of sp³-hybridized carbons (Fsp3) is 0.526. The molecule has 1 unspecified atom stereocenters. The summed E-state index contributed by atoms with van der Waals surface area (Å²) in [7, 11) is 1.70. The summed E-state index contributed by atoms with van der Waals surface area (Å²) in [5.41, 5.74) is 1.38. The second kappa shape index (κ2) is 6.50. The van der Waals surface area contributed by atoms with Crippen molar-refractivity contribution in [2.75, 3.05) is 7.05 Å². The molecule has 2 fully saturated rings. The quantitative estimate of drug-likeness (QED) is 0.852. The van der Waals surface area contributed by atoms with E-state index in [9.17, 15) is 14.4 Å². The number of imide groups is 1. The van der Waals surface area contributed by atoms with E-state index in [4.69, 9.17) is 0 Å². The standard InChI is InChI=1S/C19H25N3O3/c1-13-8-4-5-9-15(13)12-21(3)16(23)14(2)22-17(24)19(20-18(22)25)10-6-7-11-19/h4-5,8-9,14H,6-7,10-12H2,1-3H3,(H,20,25). The van der Waals surface area contributed by atoms with Crippen LogP contribution in [-0.2, 0) is 16.1 Å². The van der Waals surface area contributed by atoms with Crippen LogP contribution in [-0.4, -0.2) is 46.3 Å². The van der Waals surface area contributed by atoms with Crippen LogP contribution in [0.4, 0.5) is 4.79 Å². The van der Waals surface area contributed by atoms with Gasteiger partial charge in [0.2, 0.25) is 5.91 Å². The van der Waals surface area contributed by atoms with Crippen molar-refractivity contribution in [3.05, 3.63) is 35.4 Å². The number of carbonyl (C=O) groups excluding carboxylic acids is 3. The van der Waals surface area contributed by atoms with Crippen molar-refractivity contribution >= 4 is 17.8 Å². The molecule has 25 heavy (non-hydrogen) atoms. The fourth-order valence-corrected chi connectivity index (χ4v) is 3.86. The van der Waals surface area contributed by atoms with Gasteiger partial charge in [-0.05, 0) is 37.8 Å². The predicted octanol–water partition coefficient (Wildman–Crippen LogP) is 2.21. The molecule has 1 aromatic carbocycles. The van der Waals surface area contributed by atoms with Gasteiger partial charge in [0.1, 0.15) is 11.6 Å². The van der Waals surface area contributed by atoms with E-state index in [2.05, 4.69) is 5.32 Å². The molecular weight excluding hydrogens is 318 g/mol. The van der Waals surface area contributed by atoms with Crippen molar-refractivity contribution in [1.82, 2.24) is 15.1 Å². The van der Waals surface area contributed by atoms with Crippen LogP contribution in [0.25, 0.3) is 0 Å². The molecule has 6 heteroatoms. The molecule has 1 N–H and O–H groups in total. The lowest BCUT2D eigenvalue weighted by Gasteiger charge is -2.27. The number of aryl methyl sites for hydroxylation is 1. The minimum absolute atomic E-state index is 0.234. The number of benzene rings is 1. The SMILES string of the molecule is Cc1ccccc1CN(C)C(=O)C(C)N1C(=O)NC2(CCCC2)C1=O. The van der Waals surface area contributed by atoms with E-state index in [1.54, 1.807) is 18.9 Å². The van der Waals surface area contributed by atoms with E-state index in [0.717, 1.165) is 28.9 Å². The lowest BCUT2D eigenvalue weighted by atomic mass is 9.97. The Balaban J connectivity index is 1.72. The van der Waals surface area contributed by atoms with E-state index >= 15 is 0 Å². The number of urea groups is 1. The third-order valence-electron chi connectivity index (χ3n) is 5.44. The van der Waals surface area contributed by atoms with Gasteiger partial charge in [-0.15, -0.1) is 0 Å². The highest BCUT2D eigenvalue weighted by Crippen LogP contribution is 2.35. The van der Waals surface area contributed by atoms with Crippen LogP contribution in [0.3, 0.4) is 0 Å². The second-order valence-electron chi connectivity index (χ2n) is 7.19. The largest absolute Gasteiger partial charge is 0.340 e. The van der Waals surface area contributed by atoms with Crippen molar-refractivity contribution in [1.29, 1.82) is 0 Å². The zero-order valence-electron chi connectivity index (χ0n) is 15.0. The zero-order valence-corrected chi connectivity index (χ0v) is 15.0. The smallest absolute Gasteiger partial charge is 0.325 e. The first kappa shape index (κ1) is 17.5. The summed E-state index contributed by atoms with van der Waals surface area (Å²) in [5.74, 6) is -0.484. The Bertz CT molecular complexity index is 710. The number of amides is 4. The number of hydrogen-bond donors (Lipinski definition) is 1. The van der Waals surface area contributed by atoms with Gasteiger partial charge in [0.05, 0.1) is 0 Å². The predicted molar refractivity (Wildman–Crippen MR) is 93.7 cm³/mol. The molecule has 1 atom stereocenters. The number of nitrogens with one attached hydrogen (secondary N) is 1. The number of nitrogens with zero attached hydrogens (tertiary/aromatic N) is 2. The Labute approximate surface area is 148 Å². The Morgan fingerprint density at radius 3 is 2.56 bits per heavy atom. The van der Waals surface area contributed by atoms with Gasteiger partial charge < -0.3 is 10.2 Å². The molecule has 1 heterocycles. The first-order valence-corrected chi connectivity index (χ1v) is 8.81. The van der Waals surface area contributed by atoms with E-state index < -0.39 is 17.6 Å². The molecule has 134 valence electrons. The zero-order chi connectivity index (χ0) is 18.2. The van der Waals surface area contributed by atoms with Crippen molar-refractivity contribution in [3.8, 4) is 0 Å². The molecule has 1 aliphatic heterocycles. The number of rotatable bonds is 4. The Morgan fingerprint density at radius 2 is 1.92 bits per heavy atom. The molecule has 3 rings (SSSR count). The average Bonchev–Trinajstić information content (AvgIpc) is 3.14. The summed E-state index contributed by atoms with van der Waals surface area (Å²) < 4.78 is 0. The van der Waals surface area contributed by atoms with Crippen LogP contribution < -0.4 is 5.32 Å². The summed E-state index contributed by atoms with van der Waals surface area (Å²) in [4.78, 5) is 40.6. The lowest BCUT2D eigenvalue weighted by Crippen LogP contribution is -2.50. The topological polar surface area (TPSA) is 69.7 Å². The van der Waals surface area contributed by atoms with Crippen LogP contribution in [0.1, 0.15) is 43.7 Å². The average molecular weight is 343 g/mol. The maximum absolute atomic E-state index is 12.8. The maximum Gasteiger partial charge on any atom is 0.325 e. The summed E-state index contributed by atoms with van der Waals surface area (Å²) >= 11 is 0. The molecule has 0 bridgehead atoms. The van der Waals surface area contributed by atoms with Crippen LogP contribution in [0.15, 0.2) is 24.3 Å². The molecule has 1 aliphatic carbocycles. The lowest BCUT2D eigenvalue weighted by molar-refractivity contribution is -0.142. The molecule has 4 amide bonds. The number of carbonyl (C=O) groups is 3. The third kappa shape index (κ3) is 3.01. The second-order valence-corrected chi connectivity index (χ2v) is 7.19. The maximum atomic E-state index is 12.8. The Hall–Kier alpha value is -2.37. The Kier molecular flexibility index (Phi) is 4.54. The molecule has 0 aromatic heterocycles. The molecule has 2 aliphatic rings. The molecule has 1 saturated carbocycles. The summed E-state index contributed by atoms with van der Waals surface area (Å²) in [6.45, 7) is 4.07. The summed E-state index contributed by atoms with van der Waals surface area (Å²) in [6.07, 6.45) is 3.17. The highest BCUT2D eigenvalue weighted by molar-refractivity contribution is 6.09. The van der Waals surface area contributed by atoms with Gasteiger partial charge in [0, 0.05) is 13.6 Å². The van der Waals surface area contributed by atoms with Gasteiger partial charge in [-0.2, -0.15) is 0 Å². The monoisotopic (exact) mass is 343 g/mol. The van der Waals surface area contributed by atoms with Crippen molar-refractivity contribution in [2.24, 2.45) is 0 Å². The highest BCUT2D eigenvalue weighted by atomic mass is 16.2. The van der Waals surface area contributed by atoms with Crippen LogP contribution in [0.5, 0.6) is 0 Å². The van der Waals surface area contributed by atoms with E-state index in [0.29, 0.717) is 19.4 Å². The van der Waals surface area contributed by atoms with Gasteiger partial charge in [0.15, 0.2) is 0 Å². The van der Waals surface area contributed by atoms with E-state index in [1.165, 1.54) is 0 Å². The van der Waals surface area contributed by atoms with Gasteiger partial charge in [0.25, 0.3) is 5.91 Å². The number of hydrogen-bond acceptors (Lipinski definition) is 3. The van der Waals surface area contributed by atoms with Crippen molar-refractivity contribution in [3.63, 3.8) is 0 Å². The van der Waals surface area contributed by atoms with Gasteiger partial charge in [-0.3, -0.25) is 9.59 Å². The molecule has 0 radical (unpaired) electrons. The molecular formula is C19H25N3O3. The van der Waals surface area contributed by atoms with Crippen molar-refractivity contribution in [2.45, 2.75) is 57.7 Å². The molecule has 1 aromatic rings. The minimum Gasteiger partial charge on any atom is -0.340 e. The molecule has 1 saturated heterocycles. The Morgan fingerprint density at radius 1 is 1.28 bits per heavy atom. The fourth-order valence-electron chi connectivity index (χ4n) is 3.86. The van der Waals surface area contributed by atoms with E-state index in [-0.39, 0.29) is 11.8 Å². The minimum atomic E-state index is -0.804. The number of likely N-dealkylation sites (N-methyl/N-ethyl adjacent to an activating group) is 1. The first-order valence-electron chi connectivity index (χ1n) is 8.81. The summed E-state index contributed by atoms with van der Waals surface area (Å²) in [5, 5.41) is 2.83. The third-order valence-corrected chi connectivity index (χ3v) is 5.44. The first-order chi connectivity index (χ1) is 11.9. The van der Waals surface area contributed by atoms with Gasteiger partial charge in [-0.25, -0.2) is 9.69 Å². The van der Waals surface area contributed by atoms with E-state index in [1.807, 2.05) is 31.2 Å². The normalized spacial score (nSPS) is 20.0.